The number of rotatable bonds is 4. The van der Waals surface area contributed by atoms with Gasteiger partial charge in [-0.1, -0.05) is 30.3 Å². The third-order valence-corrected chi connectivity index (χ3v) is 8.00. The van der Waals surface area contributed by atoms with Gasteiger partial charge in [-0.2, -0.15) is 0 Å². The van der Waals surface area contributed by atoms with E-state index in [0.29, 0.717) is 6.54 Å². The lowest BCUT2D eigenvalue weighted by atomic mass is 9.69. The molecule has 1 aromatic carbocycles. The van der Waals surface area contributed by atoms with Crippen LogP contribution >= 0.6 is 0 Å². The van der Waals surface area contributed by atoms with Crippen LogP contribution in [0.15, 0.2) is 42.7 Å². The summed E-state index contributed by atoms with van der Waals surface area (Å²) in [6, 6.07) is 10.7. The van der Waals surface area contributed by atoms with E-state index in [4.69, 9.17) is 0 Å². The second-order valence-corrected chi connectivity index (χ2v) is 10.1. The average molecular weight is 450 g/mol. The van der Waals surface area contributed by atoms with Crippen LogP contribution < -0.4 is 15.1 Å². The molecule has 3 aliphatic rings. The molecule has 0 unspecified atom stereocenters. The number of urea groups is 1. The van der Waals surface area contributed by atoms with Crippen LogP contribution in [-0.4, -0.2) is 85.2 Å². The molecule has 1 saturated carbocycles. The molecular weight excluding hydrogens is 414 g/mol. The Labute approximate surface area is 196 Å². The van der Waals surface area contributed by atoms with Gasteiger partial charge in [0.05, 0.1) is 30.2 Å². The van der Waals surface area contributed by atoms with Gasteiger partial charge in [0.2, 0.25) is 5.95 Å². The molecule has 176 valence electrons. The van der Waals surface area contributed by atoms with Crippen molar-refractivity contribution in [2.45, 2.75) is 36.8 Å². The lowest BCUT2D eigenvalue weighted by Gasteiger charge is -2.48. The number of benzene rings is 1. The fraction of sp³-hybridized carbons (Fsp3) is 0.560. The van der Waals surface area contributed by atoms with Crippen LogP contribution in [0.2, 0.25) is 0 Å². The Morgan fingerprint density at radius 2 is 1.58 bits per heavy atom. The molecule has 1 N–H and O–H groups in total. The maximum absolute atomic E-state index is 13.0. The molecule has 0 bridgehead atoms. The van der Waals surface area contributed by atoms with Crippen molar-refractivity contribution in [1.29, 1.82) is 0 Å². The molecule has 5 rings (SSSR count). The fourth-order valence-corrected chi connectivity index (χ4v) is 5.71. The van der Waals surface area contributed by atoms with Crippen molar-refractivity contribution in [1.82, 2.24) is 25.1 Å². The molecule has 0 atom stereocenters. The molecule has 2 aliphatic heterocycles. The molecule has 0 radical (unpaired) electrons. The maximum atomic E-state index is 13.0. The van der Waals surface area contributed by atoms with Crippen LogP contribution in [0, 0.1) is 0 Å². The summed E-state index contributed by atoms with van der Waals surface area (Å²) in [7, 11) is 6.48. The first-order valence-electron chi connectivity index (χ1n) is 12.0. The van der Waals surface area contributed by atoms with Crippen LogP contribution in [-0.2, 0) is 5.54 Å². The summed E-state index contributed by atoms with van der Waals surface area (Å²) in [5.74, 6) is 0.748. The van der Waals surface area contributed by atoms with Gasteiger partial charge < -0.3 is 15.1 Å². The van der Waals surface area contributed by atoms with Gasteiger partial charge in [-0.15, -0.1) is 0 Å². The van der Waals surface area contributed by atoms with E-state index in [1.807, 2.05) is 4.90 Å². The number of anilines is 2. The number of amides is 2. The van der Waals surface area contributed by atoms with Gasteiger partial charge in [0, 0.05) is 31.7 Å². The van der Waals surface area contributed by atoms with Crippen LogP contribution in [0.5, 0.6) is 0 Å². The van der Waals surface area contributed by atoms with E-state index in [1.165, 1.54) is 5.56 Å². The van der Waals surface area contributed by atoms with E-state index in [2.05, 4.69) is 81.5 Å². The molecule has 1 aliphatic carbocycles. The maximum Gasteiger partial charge on any atom is 0.322 e. The molecule has 3 heterocycles. The van der Waals surface area contributed by atoms with Crippen molar-refractivity contribution >= 4 is 17.7 Å². The summed E-state index contributed by atoms with van der Waals surface area (Å²) in [5, 5.41) is 3.33. The number of aromatic nitrogens is 2. The van der Waals surface area contributed by atoms with Gasteiger partial charge in [-0.3, -0.25) is 9.80 Å². The number of nitrogens with zero attached hydrogens (tertiary/aromatic N) is 6. The highest BCUT2D eigenvalue weighted by molar-refractivity contribution is 5.95. The first-order valence-corrected chi connectivity index (χ1v) is 12.0. The van der Waals surface area contributed by atoms with Crippen molar-refractivity contribution in [2.24, 2.45) is 0 Å². The van der Waals surface area contributed by atoms with E-state index in [1.54, 1.807) is 12.4 Å². The molecule has 2 amide bonds. The van der Waals surface area contributed by atoms with Crippen molar-refractivity contribution in [3.8, 4) is 0 Å². The largest absolute Gasteiger partial charge is 0.338 e. The van der Waals surface area contributed by atoms with Crippen molar-refractivity contribution in [3.63, 3.8) is 0 Å². The number of nitrogens with one attached hydrogen (secondary N) is 1. The normalized spacial score (nSPS) is 28.5. The predicted octanol–water partition coefficient (Wildman–Crippen LogP) is 2.53. The first-order chi connectivity index (χ1) is 15.9. The number of hydrogen-bond donors (Lipinski definition) is 1. The van der Waals surface area contributed by atoms with E-state index in [9.17, 15) is 4.79 Å². The minimum Gasteiger partial charge on any atom is -0.338 e. The van der Waals surface area contributed by atoms with E-state index >= 15 is 0 Å². The zero-order valence-electron chi connectivity index (χ0n) is 20.0. The summed E-state index contributed by atoms with van der Waals surface area (Å²) in [4.78, 5) is 30.9. The summed E-state index contributed by atoms with van der Waals surface area (Å²) in [6.07, 6.45) is 7.52. The average Bonchev–Trinajstić information content (AvgIpc) is 3.16. The summed E-state index contributed by atoms with van der Waals surface area (Å²) < 4.78 is 0. The summed E-state index contributed by atoms with van der Waals surface area (Å²) >= 11 is 0. The van der Waals surface area contributed by atoms with Gasteiger partial charge in [-0.25, -0.2) is 14.8 Å². The van der Waals surface area contributed by atoms with Crippen molar-refractivity contribution in [2.75, 3.05) is 63.7 Å². The van der Waals surface area contributed by atoms with Crippen LogP contribution in [0.1, 0.15) is 31.2 Å². The molecule has 8 heteroatoms. The number of hydrogen-bond acceptors (Lipinski definition) is 6. The molecule has 2 saturated heterocycles. The Morgan fingerprint density at radius 3 is 2.18 bits per heavy atom. The summed E-state index contributed by atoms with van der Waals surface area (Å²) in [6.45, 7) is 4.55. The Kier molecular flexibility index (Phi) is 5.74. The van der Waals surface area contributed by atoms with Crippen LogP contribution in [0.3, 0.4) is 0 Å². The van der Waals surface area contributed by atoms with E-state index < -0.39 is 0 Å². The number of carbonyl (C=O) groups excluding carboxylic acids is 1. The van der Waals surface area contributed by atoms with Crippen molar-refractivity contribution < 1.29 is 4.79 Å². The molecule has 1 spiro atoms. The summed E-state index contributed by atoms with van der Waals surface area (Å²) in [5.41, 5.74) is 1.95. The minimum absolute atomic E-state index is 0.0118. The van der Waals surface area contributed by atoms with Gasteiger partial charge in [0.15, 0.2) is 0 Å². The molecule has 3 fully saturated rings. The Bertz CT molecular complexity index is 962. The first kappa shape index (κ1) is 22.1. The molecular formula is C25H35N7O. The highest BCUT2D eigenvalue weighted by Gasteiger charge is 2.50. The standard InChI is InChI=1S/C25H35N7O/c1-29(2)25(20-7-5-4-6-8-20)11-9-24(10-12-25)19-32(23(33)28-24)21-17-26-22(27-18-21)31-15-13-30(3)14-16-31/h4-8,17-18H,9-16,19H2,1-3H3,(H,28,33)/t24-,25+. The predicted molar refractivity (Wildman–Crippen MR) is 131 cm³/mol. The van der Waals surface area contributed by atoms with Gasteiger partial charge in [0.25, 0.3) is 0 Å². The van der Waals surface area contributed by atoms with Crippen molar-refractivity contribution in [3.05, 3.63) is 48.3 Å². The quantitative estimate of drug-likeness (QED) is 0.774. The zero-order valence-corrected chi connectivity index (χ0v) is 20.0. The smallest absolute Gasteiger partial charge is 0.322 e. The van der Waals surface area contributed by atoms with Crippen LogP contribution in [0.4, 0.5) is 16.4 Å². The Morgan fingerprint density at radius 1 is 0.939 bits per heavy atom. The van der Waals surface area contributed by atoms with E-state index in [-0.39, 0.29) is 17.1 Å². The third-order valence-electron chi connectivity index (χ3n) is 8.00. The number of piperazine rings is 1. The molecule has 1 aromatic heterocycles. The molecule has 33 heavy (non-hydrogen) atoms. The SMILES string of the molecule is CN1CCN(c2ncc(N3C[C@]4(CC[C@](c5ccccc5)(N(C)C)CC4)NC3=O)cn2)CC1. The molecule has 2 aromatic rings. The zero-order chi connectivity index (χ0) is 23.1. The number of carbonyl (C=O) groups is 1. The minimum atomic E-state index is -0.193. The lowest BCUT2D eigenvalue weighted by molar-refractivity contribution is 0.0658. The second kappa shape index (κ2) is 8.57. The van der Waals surface area contributed by atoms with E-state index in [0.717, 1.165) is 63.5 Å². The van der Waals surface area contributed by atoms with Crippen LogP contribution in [0.25, 0.3) is 0 Å². The van der Waals surface area contributed by atoms with Gasteiger partial charge in [-0.05, 0) is 52.4 Å². The monoisotopic (exact) mass is 449 g/mol. The Balaban J connectivity index is 1.28. The topological polar surface area (TPSA) is 67.8 Å². The fourth-order valence-electron chi connectivity index (χ4n) is 5.71. The molecule has 8 nitrogen and oxygen atoms in total. The highest BCUT2D eigenvalue weighted by Crippen LogP contribution is 2.46. The third kappa shape index (κ3) is 4.06. The number of likely N-dealkylation sites (N-methyl/N-ethyl adjacent to an activating group) is 1. The van der Waals surface area contributed by atoms with Gasteiger partial charge in [0.1, 0.15) is 0 Å². The second-order valence-electron chi connectivity index (χ2n) is 10.1. The highest BCUT2D eigenvalue weighted by atomic mass is 16.2. The van der Waals surface area contributed by atoms with Gasteiger partial charge >= 0.3 is 6.03 Å². The lowest BCUT2D eigenvalue weighted by Crippen LogP contribution is -2.54. The Hall–Kier alpha value is -2.71.